The molecule has 0 N–H and O–H groups in total. The SMILES string of the molecule is c1ccc(-c2ccc(N(c3ccc(-c4ccccc4)cc3)c3cccc(-c4cc5c6c(cccc6c4)Sc4ccccc4N(c4ccccc4)c4ccccc4-5)c3)cc2)cc1. The summed E-state index contributed by atoms with van der Waals surface area (Å²) < 4.78 is 0. The predicted octanol–water partition coefficient (Wildman–Crippen LogP) is 16.9. The second kappa shape index (κ2) is 15.9. The minimum Gasteiger partial charge on any atom is -0.310 e. The average Bonchev–Trinajstić information content (AvgIpc) is 3.38. The molecule has 0 fully saturated rings. The summed E-state index contributed by atoms with van der Waals surface area (Å²) in [6.07, 6.45) is 0. The number of anilines is 6. The first-order valence-electron chi connectivity index (χ1n) is 20.7. The third-order valence-corrected chi connectivity index (χ3v) is 12.7. The summed E-state index contributed by atoms with van der Waals surface area (Å²) >= 11 is 1.85. The monoisotopic (exact) mass is 796 g/mol. The van der Waals surface area contributed by atoms with Crippen LogP contribution in [0.5, 0.6) is 0 Å². The smallest absolute Gasteiger partial charge is 0.0601 e. The average molecular weight is 797 g/mol. The van der Waals surface area contributed by atoms with Crippen LogP contribution in [0.15, 0.2) is 252 Å². The van der Waals surface area contributed by atoms with Crippen LogP contribution < -0.4 is 9.80 Å². The molecule has 11 rings (SSSR count). The lowest BCUT2D eigenvalue weighted by Crippen LogP contribution is -2.11. The van der Waals surface area contributed by atoms with Crippen LogP contribution >= 0.6 is 11.8 Å². The molecule has 1 heterocycles. The molecule has 0 spiro atoms. The van der Waals surface area contributed by atoms with Crippen LogP contribution in [0, 0.1) is 0 Å². The first kappa shape index (κ1) is 36.5. The quantitative estimate of drug-likeness (QED) is 0.159. The van der Waals surface area contributed by atoms with E-state index in [-0.39, 0.29) is 0 Å². The van der Waals surface area contributed by atoms with Gasteiger partial charge in [-0.3, -0.25) is 0 Å². The topological polar surface area (TPSA) is 6.48 Å². The maximum atomic E-state index is 2.42. The zero-order valence-corrected chi connectivity index (χ0v) is 34.2. The Balaban J connectivity index is 1.07. The van der Waals surface area contributed by atoms with Crippen LogP contribution in [0.2, 0.25) is 0 Å². The second-order valence-corrected chi connectivity index (χ2v) is 16.4. The van der Waals surface area contributed by atoms with Crippen molar-refractivity contribution in [2.45, 2.75) is 9.79 Å². The summed E-state index contributed by atoms with van der Waals surface area (Å²) in [6.45, 7) is 0. The minimum absolute atomic E-state index is 1.09. The van der Waals surface area contributed by atoms with Gasteiger partial charge < -0.3 is 9.80 Å². The molecule has 0 aliphatic carbocycles. The molecular formula is C58H40N2S. The van der Waals surface area contributed by atoms with Gasteiger partial charge in [-0.25, -0.2) is 0 Å². The number of fused-ring (bicyclic) bond motifs is 3. The summed E-state index contributed by atoms with van der Waals surface area (Å²) in [5, 5.41) is 2.48. The fourth-order valence-corrected chi connectivity index (χ4v) is 9.85. The number of hydrogen-bond donors (Lipinski definition) is 0. The van der Waals surface area contributed by atoms with Crippen molar-refractivity contribution in [1.82, 2.24) is 0 Å². The Bertz CT molecular complexity index is 3060. The fraction of sp³-hybridized carbons (Fsp3) is 0. The first-order valence-corrected chi connectivity index (χ1v) is 21.6. The molecule has 0 radical (unpaired) electrons. The summed E-state index contributed by atoms with van der Waals surface area (Å²) in [4.78, 5) is 7.25. The molecule has 1 aliphatic rings. The zero-order chi connectivity index (χ0) is 40.5. The Kier molecular flexibility index (Phi) is 9.50. The first-order chi connectivity index (χ1) is 30.2. The van der Waals surface area contributed by atoms with E-state index in [1.54, 1.807) is 0 Å². The molecular weight excluding hydrogens is 757 g/mol. The molecule has 0 saturated carbocycles. The normalized spacial score (nSPS) is 11.8. The van der Waals surface area contributed by atoms with Crippen molar-refractivity contribution in [3.05, 3.63) is 243 Å². The van der Waals surface area contributed by atoms with E-state index in [0.29, 0.717) is 0 Å². The summed E-state index contributed by atoms with van der Waals surface area (Å²) in [7, 11) is 0. The van der Waals surface area contributed by atoms with E-state index in [4.69, 9.17) is 0 Å². The van der Waals surface area contributed by atoms with E-state index >= 15 is 0 Å². The van der Waals surface area contributed by atoms with Crippen LogP contribution in [0.25, 0.3) is 55.3 Å². The molecule has 10 aromatic rings. The van der Waals surface area contributed by atoms with Gasteiger partial charge in [-0.15, -0.1) is 0 Å². The highest BCUT2D eigenvalue weighted by Gasteiger charge is 2.25. The third-order valence-electron chi connectivity index (χ3n) is 11.6. The Morgan fingerprint density at radius 2 is 0.836 bits per heavy atom. The number of nitrogens with zero attached hydrogens (tertiary/aromatic N) is 2. The minimum atomic E-state index is 1.09. The van der Waals surface area contributed by atoms with Gasteiger partial charge in [0.25, 0.3) is 0 Å². The molecule has 288 valence electrons. The van der Waals surface area contributed by atoms with Crippen LogP contribution in [0.1, 0.15) is 0 Å². The van der Waals surface area contributed by atoms with E-state index in [1.165, 1.54) is 59.5 Å². The molecule has 0 aromatic heterocycles. The number of hydrogen-bond acceptors (Lipinski definition) is 3. The highest BCUT2D eigenvalue weighted by atomic mass is 32.2. The van der Waals surface area contributed by atoms with Gasteiger partial charge in [0, 0.05) is 43.5 Å². The highest BCUT2D eigenvalue weighted by Crippen LogP contribution is 2.51. The van der Waals surface area contributed by atoms with Crippen molar-refractivity contribution >= 4 is 56.7 Å². The molecule has 1 aliphatic heterocycles. The number of benzene rings is 10. The lowest BCUT2D eigenvalue weighted by Gasteiger charge is -2.29. The number of para-hydroxylation sites is 3. The van der Waals surface area contributed by atoms with Crippen LogP contribution in [-0.4, -0.2) is 0 Å². The molecule has 0 unspecified atom stereocenters. The van der Waals surface area contributed by atoms with Crippen LogP contribution in [0.3, 0.4) is 0 Å². The van der Waals surface area contributed by atoms with Crippen molar-refractivity contribution < 1.29 is 0 Å². The van der Waals surface area contributed by atoms with Crippen LogP contribution in [-0.2, 0) is 0 Å². The van der Waals surface area contributed by atoms with Crippen LogP contribution in [0.4, 0.5) is 34.1 Å². The van der Waals surface area contributed by atoms with Gasteiger partial charge in [0.15, 0.2) is 0 Å². The summed E-state index contributed by atoms with van der Waals surface area (Å²) in [5.74, 6) is 0. The lowest BCUT2D eigenvalue weighted by atomic mass is 9.91. The van der Waals surface area contributed by atoms with Gasteiger partial charge >= 0.3 is 0 Å². The predicted molar refractivity (Wildman–Crippen MR) is 259 cm³/mol. The zero-order valence-electron chi connectivity index (χ0n) is 33.4. The van der Waals surface area contributed by atoms with E-state index in [1.807, 2.05) is 11.8 Å². The Morgan fingerprint density at radius 3 is 1.51 bits per heavy atom. The molecule has 0 atom stereocenters. The molecule has 2 nitrogen and oxygen atoms in total. The maximum Gasteiger partial charge on any atom is 0.0601 e. The lowest BCUT2D eigenvalue weighted by molar-refractivity contribution is 1.23. The van der Waals surface area contributed by atoms with Gasteiger partial charge in [0.1, 0.15) is 0 Å². The van der Waals surface area contributed by atoms with Crippen molar-refractivity contribution in [1.29, 1.82) is 0 Å². The van der Waals surface area contributed by atoms with Gasteiger partial charge in [-0.2, -0.15) is 0 Å². The second-order valence-electron chi connectivity index (χ2n) is 15.3. The molecule has 10 aromatic carbocycles. The van der Waals surface area contributed by atoms with Crippen molar-refractivity contribution in [3.8, 4) is 44.5 Å². The van der Waals surface area contributed by atoms with E-state index in [9.17, 15) is 0 Å². The number of rotatable bonds is 7. The van der Waals surface area contributed by atoms with E-state index < -0.39 is 0 Å². The third kappa shape index (κ3) is 6.95. The molecule has 0 amide bonds. The summed E-state index contributed by atoms with van der Waals surface area (Å²) in [5.41, 5.74) is 16.2. The maximum absolute atomic E-state index is 2.42. The Hall–Kier alpha value is -7.59. The fourth-order valence-electron chi connectivity index (χ4n) is 8.72. The Morgan fingerprint density at radius 1 is 0.311 bits per heavy atom. The van der Waals surface area contributed by atoms with Crippen molar-refractivity contribution in [2.75, 3.05) is 9.80 Å². The van der Waals surface area contributed by atoms with E-state index in [2.05, 4.69) is 252 Å². The molecule has 0 bridgehead atoms. The van der Waals surface area contributed by atoms with Crippen molar-refractivity contribution in [3.63, 3.8) is 0 Å². The Labute approximate surface area is 361 Å². The summed E-state index contributed by atoms with van der Waals surface area (Å²) in [6, 6.07) is 88.0. The van der Waals surface area contributed by atoms with Gasteiger partial charge in [0.05, 0.1) is 11.4 Å². The highest BCUT2D eigenvalue weighted by molar-refractivity contribution is 7.99. The standard InChI is InChI=1S/C58H40N2S/c1-4-16-41(17-5-1)43-30-34-49(35-31-43)59(50-36-32-44(33-37-50)42-18-6-2-7-19-42)51-24-14-20-45(39-51)47-38-46-21-15-29-57-58(46)53(40-47)52-25-10-11-26-54(52)60(48-22-8-3-9-23-48)55-27-12-13-28-56(55)61-57/h1-40H. The van der Waals surface area contributed by atoms with Gasteiger partial charge in [-0.1, -0.05) is 169 Å². The van der Waals surface area contributed by atoms with E-state index in [0.717, 1.165) is 39.7 Å². The molecule has 61 heavy (non-hydrogen) atoms. The van der Waals surface area contributed by atoms with Gasteiger partial charge in [-0.05, 0) is 129 Å². The van der Waals surface area contributed by atoms with Gasteiger partial charge in [0.2, 0.25) is 0 Å². The molecule has 0 saturated heterocycles. The van der Waals surface area contributed by atoms with Crippen molar-refractivity contribution in [2.24, 2.45) is 0 Å². The molecule has 3 heteroatoms. The largest absolute Gasteiger partial charge is 0.310 e.